The summed E-state index contributed by atoms with van der Waals surface area (Å²) < 4.78 is 0. The molecular weight excluding hydrogens is 378 g/mol. The second-order valence-electron chi connectivity index (χ2n) is 13.1. The van der Waals surface area contributed by atoms with Gasteiger partial charge in [-0.05, 0) is 102 Å². The van der Waals surface area contributed by atoms with Crippen molar-refractivity contribution < 1.29 is 5.11 Å². The van der Waals surface area contributed by atoms with E-state index >= 15 is 0 Å². The van der Waals surface area contributed by atoms with Crippen LogP contribution in [-0.4, -0.2) is 16.2 Å². The largest absolute Gasteiger partial charge is 0.393 e. The summed E-state index contributed by atoms with van der Waals surface area (Å²) in [6, 6.07) is 8.96. The summed E-state index contributed by atoms with van der Waals surface area (Å²) in [7, 11) is 0. The maximum atomic E-state index is 10.9. The van der Waals surface area contributed by atoms with Gasteiger partial charge >= 0.3 is 0 Å². The van der Waals surface area contributed by atoms with Crippen molar-refractivity contribution in [2.75, 3.05) is 0 Å². The average Bonchev–Trinajstić information content (AvgIpc) is 3.07. The molecule has 0 spiro atoms. The highest BCUT2D eigenvalue weighted by atomic mass is 16.3. The van der Waals surface area contributed by atoms with Crippen LogP contribution in [0.4, 0.5) is 0 Å². The second-order valence-corrected chi connectivity index (χ2v) is 13.1. The lowest BCUT2D eigenvalue weighted by molar-refractivity contribution is -0.225. The molecule has 4 aliphatic rings. The van der Waals surface area contributed by atoms with Crippen LogP contribution in [0.1, 0.15) is 84.4 Å². The van der Waals surface area contributed by atoms with Gasteiger partial charge in [0.25, 0.3) is 0 Å². The predicted octanol–water partition coefficient (Wildman–Crippen LogP) is 6.90. The zero-order valence-corrected chi connectivity index (χ0v) is 20.2. The normalized spacial score (nSPS) is 46.0. The van der Waals surface area contributed by atoms with Crippen LogP contribution in [0.5, 0.6) is 0 Å². The number of nitrogens with one attached hydrogen (secondary N) is 1. The summed E-state index contributed by atoms with van der Waals surface area (Å²) in [6.45, 7) is 12.7. The topological polar surface area (TPSA) is 36.0 Å². The quantitative estimate of drug-likeness (QED) is 0.478. The van der Waals surface area contributed by atoms with Gasteiger partial charge in [0.1, 0.15) is 0 Å². The second kappa shape index (κ2) is 6.19. The molecule has 2 nitrogen and oxygen atoms in total. The summed E-state index contributed by atoms with van der Waals surface area (Å²) in [4.78, 5) is 3.79. The Morgan fingerprint density at radius 2 is 1.65 bits per heavy atom. The zero-order valence-electron chi connectivity index (χ0n) is 20.2. The minimum absolute atomic E-state index is 0.0443. The summed E-state index contributed by atoms with van der Waals surface area (Å²) >= 11 is 0. The molecule has 1 aromatic carbocycles. The van der Waals surface area contributed by atoms with Gasteiger partial charge in [0.15, 0.2) is 0 Å². The minimum atomic E-state index is -0.134. The van der Waals surface area contributed by atoms with E-state index in [-0.39, 0.29) is 11.5 Å². The molecule has 3 fully saturated rings. The molecule has 3 saturated carbocycles. The van der Waals surface area contributed by atoms with E-state index in [4.69, 9.17) is 0 Å². The fraction of sp³-hybridized carbons (Fsp3) is 0.724. The van der Waals surface area contributed by atoms with Crippen LogP contribution in [0.2, 0.25) is 0 Å². The van der Waals surface area contributed by atoms with Crippen LogP contribution in [-0.2, 0) is 12.8 Å². The van der Waals surface area contributed by atoms with Gasteiger partial charge in [-0.1, -0.05) is 52.8 Å². The Kier molecular flexibility index (Phi) is 4.06. The minimum Gasteiger partial charge on any atom is -0.393 e. The highest BCUT2D eigenvalue weighted by Crippen LogP contribution is 2.73. The molecule has 1 heterocycles. The van der Waals surface area contributed by atoms with Crippen molar-refractivity contribution >= 4 is 10.9 Å². The third kappa shape index (κ3) is 2.39. The first kappa shape index (κ1) is 20.3. The van der Waals surface area contributed by atoms with E-state index in [0.29, 0.717) is 22.2 Å². The molecule has 6 rings (SSSR count). The summed E-state index contributed by atoms with van der Waals surface area (Å²) in [6.07, 6.45) is 9.90. The molecule has 0 bridgehead atoms. The fourth-order valence-electron chi connectivity index (χ4n) is 9.94. The highest BCUT2D eigenvalue weighted by molar-refractivity contribution is 5.85. The third-order valence-corrected chi connectivity index (χ3v) is 11.9. The molecule has 0 aliphatic heterocycles. The molecule has 2 N–H and O–H groups in total. The van der Waals surface area contributed by atoms with Crippen LogP contribution in [0.15, 0.2) is 24.3 Å². The molecule has 4 aliphatic carbocycles. The van der Waals surface area contributed by atoms with Gasteiger partial charge < -0.3 is 10.1 Å². The van der Waals surface area contributed by atoms with Gasteiger partial charge in [0.05, 0.1) is 6.10 Å². The Balaban J connectivity index is 1.44. The number of aromatic nitrogens is 1. The Bertz CT molecular complexity index is 1030. The van der Waals surface area contributed by atoms with Crippen molar-refractivity contribution in [1.29, 1.82) is 0 Å². The van der Waals surface area contributed by atoms with Crippen molar-refractivity contribution in [3.05, 3.63) is 35.5 Å². The molecule has 0 amide bonds. The highest BCUT2D eigenvalue weighted by Gasteiger charge is 2.67. The van der Waals surface area contributed by atoms with Crippen LogP contribution >= 0.6 is 0 Å². The zero-order chi connectivity index (χ0) is 21.8. The molecule has 0 radical (unpaired) electrons. The SMILES string of the molecule is CC1(C)C(O)CC[C@]2(C)[C@H]3CC[C@@H]4Cc5[nH]c6ccccc6c5C[C@@]4(C)[C@]3(C)CC[C@@H]12. The van der Waals surface area contributed by atoms with E-state index in [1.54, 1.807) is 5.56 Å². The van der Waals surface area contributed by atoms with Gasteiger partial charge in [0.2, 0.25) is 0 Å². The number of aliphatic hydroxyl groups excluding tert-OH is 1. The third-order valence-electron chi connectivity index (χ3n) is 11.9. The lowest BCUT2D eigenvalue weighted by atomic mass is 9.34. The first-order chi connectivity index (χ1) is 14.6. The van der Waals surface area contributed by atoms with Crippen molar-refractivity contribution in [3.63, 3.8) is 0 Å². The van der Waals surface area contributed by atoms with Gasteiger partial charge in [-0.15, -0.1) is 0 Å². The summed E-state index contributed by atoms with van der Waals surface area (Å²) in [5.74, 6) is 2.21. The van der Waals surface area contributed by atoms with Crippen molar-refractivity contribution in [2.45, 2.75) is 92.1 Å². The fourth-order valence-corrected chi connectivity index (χ4v) is 9.94. The van der Waals surface area contributed by atoms with Crippen LogP contribution in [0.3, 0.4) is 0 Å². The summed E-state index contributed by atoms with van der Waals surface area (Å²) in [5.41, 5.74) is 5.62. The number of hydrogen-bond acceptors (Lipinski definition) is 1. The maximum absolute atomic E-state index is 10.9. The van der Waals surface area contributed by atoms with Crippen LogP contribution in [0.25, 0.3) is 10.9 Å². The molecule has 0 saturated heterocycles. The summed E-state index contributed by atoms with van der Waals surface area (Å²) in [5, 5.41) is 12.3. The first-order valence-corrected chi connectivity index (χ1v) is 12.9. The van der Waals surface area contributed by atoms with E-state index in [1.165, 1.54) is 61.5 Å². The maximum Gasteiger partial charge on any atom is 0.0594 e. The Morgan fingerprint density at radius 3 is 2.45 bits per heavy atom. The number of para-hydroxylation sites is 1. The van der Waals surface area contributed by atoms with E-state index in [1.807, 2.05) is 0 Å². The van der Waals surface area contributed by atoms with E-state index in [0.717, 1.165) is 18.3 Å². The average molecular weight is 420 g/mol. The van der Waals surface area contributed by atoms with Crippen LogP contribution in [0, 0.1) is 39.4 Å². The number of aromatic amines is 1. The molecule has 2 heteroatoms. The van der Waals surface area contributed by atoms with Crippen molar-refractivity contribution in [2.24, 2.45) is 39.4 Å². The van der Waals surface area contributed by atoms with Gasteiger partial charge in [-0.3, -0.25) is 0 Å². The lowest BCUT2D eigenvalue weighted by Gasteiger charge is -2.71. The smallest absolute Gasteiger partial charge is 0.0594 e. The van der Waals surface area contributed by atoms with Gasteiger partial charge in [0, 0.05) is 16.6 Å². The van der Waals surface area contributed by atoms with E-state index in [9.17, 15) is 5.11 Å². The molecule has 168 valence electrons. The molecule has 7 atom stereocenters. The Morgan fingerprint density at radius 1 is 0.871 bits per heavy atom. The molecule has 1 unspecified atom stereocenters. The Hall–Kier alpha value is -1.28. The van der Waals surface area contributed by atoms with Gasteiger partial charge in [-0.2, -0.15) is 0 Å². The number of rotatable bonds is 0. The van der Waals surface area contributed by atoms with Crippen LogP contribution < -0.4 is 0 Å². The monoisotopic (exact) mass is 419 g/mol. The Labute approximate surface area is 188 Å². The first-order valence-electron chi connectivity index (χ1n) is 12.9. The molecular formula is C29H41NO. The standard InChI is InChI=1S/C29H41NO/c1-26(2)23-12-15-28(4)24(27(23,3)14-13-25(26)31)11-10-18-16-22-20(17-29(18,28)5)19-8-6-7-9-21(19)30-22/h6-9,18,23-25,30-31H,10-17H2,1-5H3/t18-,23+,24-,25?,27+,28-,29-/m1/s1. The van der Waals surface area contributed by atoms with E-state index in [2.05, 4.69) is 63.9 Å². The number of H-pyrrole nitrogens is 1. The molecule has 2 aromatic rings. The molecule has 1 aromatic heterocycles. The number of aliphatic hydroxyl groups is 1. The van der Waals surface area contributed by atoms with Crippen molar-refractivity contribution in [1.82, 2.24) is 4.98 Å². The molecule has 31 heavy (non-hydrogen) atoms. The van der Waals surface area contributed by atoms with Crippen molar-refractivity contribution in [3.8, 4) is 0 Å². The number of benzene rings is 1. The predicted molar refractivity (Wildman–Crippen MR) is 128 cm³/mol. The number of hydrogen-bond donors (Lipinski definition) is 2. The number of fused-ring (bicyclic) bond motifs is 8. The van der Waals surface area contributed by atoms with Gasteiger partial charge in [-0.25, -0.2) is 0 Å². The lowest BCUT2D eigenvalue weighted by Crippen LogP contribution is -2.65. The van der Waals surface area contributed by atoms with E-state index < -0.39 is 0 Å².